The van der Waals surface area contributed by atoms with Crippen molar-refractivity contribution < 1.29 is 24.2 Å². The Bertz CT molecular complexity index is 1300. The third-order valence-electron chi connectivity index (χ3n) is 5.20. The summed E-state index contributed by atoms with van der Waals surface area (Å²) in [6.07, 6.45) is 1.99. The number of rotatable bonds is 10. The summed E-state index contributed by atoms with van der Waals surface area (Å²) < 4.78 is 17.8. The Morgan fingerprint density at radius 1 is 1.03 bits per heavy atom. The average molecular weight is 492 g/mol. The summed E-state index contributed by atoms with van der Waals surface area (Å²) >= 11 is 1.50. The van der Waals surface area contributed by atoms with Crippen molar-refractivity contribution in [1.82, 2.24) is 10.5 Å². The lowest BCUT2D eigenvalue weighted by Gasteiger charge is -2.13. The standard InChI is InChI=1S/C26H25N3O5S/c1-32-22-12-11-20(14-23(22)33-2)27-15-18(13-17-7-9-19(10-8-17)25(30)29-31)16-34-26-28-21-5-3-4-6-24(21)35-26/h3-14,27,31H,15-16H2,1-2H3,(H,29,30). The number of amides is 1. The molecule has 0 saturated heterocycles. The second-order valence-corrected chi connectivity index (χ2v) is 8.52. The van der Waals surface area contributed by atoms with Crippen molar-refractivity contribution in [2.45, 2.75) is 0 Å². The molecule has 0 aliphatic carbocycles. The molecule has 0 fully saturated rings. The fraction of sp³-hybridized carbons (Fsp3) is 0.154. The van der Waals surface area contributed by atoms with Crippen LogP contribution in [0.2, 0.25) is 0 Å². The Morgan fingerprint density at radius 3 is 2.51 bits per heavy atom. The second kappa shape index (κ2) is 11.4. The van der Waals surface area contributed by atoms with Gasteiger partial charge in [0, 0.05) is 23.9 Å². The van der Waals surface area contributed by atoms with E-state index in [1.165, 1.54) is 11.3 Å². The second-order valence-electron chi connectivity index (χ2n) is 7.53. The smallest absolute Gasteiger partial charge is 0.274 e. The zero-order chi connectivity index (χ0) is 24.6. The zero-order valence-corrected chi connectivity index (χ0v) is 20.1. The van der Waals surface area contributed by atoms with Crippen LogP contribution in [0.1, 0.15) is 15.9 Å². The quantitative estimate of drug-likeness (QED) is 0.212. The van der Waals surface area contributed by atoms with E-state index in [0.717, 1.165) is 27.0 Å². The van der Waals surface area contributed by atoms with Gasteiger partial charge in [-0.05, 0) is 47.5 Å². The highest BCUT2D eigenvalue weighted by atomic mass is 32.1. The molecular weight excluding hydrogens is 466 g/mol. The first-order chi connectivity index (χ1) is 17.1. The maximum Gasteiger partial charge on any atom is 0.274 e. The van der Waals surface area contributed by atoms with Crippen LogP contribution in [0, 0.1) is 0 Å². The van der Waals surface area contributed by atoms with Gasteiger partial charge in [0.15, 0.2) is 11.5 Å². The Kier molecular flexibility index (Phi) is 7.81. The molecule has 0 aliphatic rings. The van der Waals surface area contributed by atoms with Crippen LogP contribution in [-0.4, -0.2) is 43.5 Å². The molecule has 180 valence electrons. The lowest BCUT2D eigenvalue weighted by molar-refractivity contribution is 0.0706. The van der Waals surface area contributed by atoms with Gasteiger partial charge < -0.3 is 19.5 Å². The topological polar surface area (TPSA) is 102 Å². The monoisotopic (exact) mass is 491 g/mol. The summed E-state index contributed by atoms with van der Waals surface area (Å²) in [5, 5.41) is 12.8. The molecule has 35 heavy (non-hydrogen) atoms. The first-order valence-corrected chi connectivity index (χ1v) is 11.6. The number of carbonyl (C=O) groups is 1. The molecular formula is C26H25N3O5S. The van der Waals surface area contributed by atoms with E-state index < -0.39 is 5.91 Å². The van der Waals surface area contributed by atoms with Crippen molar-refractivity contribution in [2.24, 2.45) is 0 Å². The predicted octanol–water partition coefficient (Wildman–Crippen LogP) is 5.01. The molecule has 0 atom stereocenters. The highest BCUT2D eigenvalue weighted by molar-refractivity contribution is 7.20. The van der Waals surface area contributed by atoms with Gasteiger partial charge in [0.1, 0.15) is 6.61 Å². The zero-order valence-electron chi connectivity index (χ0n) is 19.3. The highest BCUT2D eigenvalue weighted by Crippen LogP contribution is 2.30. The van der Waals surface area contributed by atoms with Crippen molar-refractivity contribution in [3.05, 3.63) is 83.4 Å². The van der Waals surface area contributed by atoms with Crippen LogP contribution in [0.3, 0.4) is 0 Å². The van der Waals surface area contributed by atoms with Crippen LogP contribution in [0.4, 0.5) is 5.69 Å². The number of fused-ring (bicyclic) bond motifs is 1. The molecule has 0 spiro atoms. The molecule has 0 bridgehead atoms. The Labute approximate surface area is 206 Å². The van der Waals surface area contributed by atoms with E-state index in [2.05, 4.69) is 10.3 Å². The third kappa shape index (κ3) is 6.08. The first kappa shape index (κ1) is 24.1. The molecule has 0 radical (unpaired) electrons. The number of methoxy groups -OCH3 is 2. The van der Waals surface area contributed by atoms with E-state index in [4.69, 9.17) is 19.4 Å². The van der Waals surface area contributed by atoms with Crippen LogP contribution in [0.5, 0.6) is 16.7 Å². The normalized spacial score (nSPS) is 11.2. The number of ether oxygens (including phenoxy) is 3. The van der Waals surface area contributed by atoms with Gasteiger partial charge in [0.25, 0.3) is 11.1 Å². The lowest BCUT2D eigenvalue weighted by atomic mass is 10.1. The van der Waals surface area contributed by atoms with Crippen LogP contribution in [-0.2, 0) is 0 Å². The minimum absolute atomic E-state index is 0.318. The lowest BCUT2D eigenvalue weighted by Crippen LogP contribution is -2.18. The molecule has 4 rings (SSSR count). The predicted molar refractivity (Wildman–Crippen MR) is 137 cm³/mol. The SMILES string of the molecule is COc1ccc(NCC(=Cc2ccc(C(=O)NO)cc2)COc2nc3ccccc3s2)cc1OC. The Morgan fingerprint density at radius 2 is 1.80 bits per heavy atom. The van der Waals surface area contributed by atoms with Crippen molar-refractivity contribution in [2.75, 3.05) is 32.7 Å². The number of benzene rings is 3. The number of para-hydroxylation sites is 1. The maximum atomic E-state index is 11.6. The molecule has 0 aliphatic heterocycles. The minimum Gasteiger partial charge on any atom is -0.493 e. The van der Waals surface area contributed by atoms with Crippen LogP contribution in [0.15, 0.2) is 72.3 Å². The molecule has 1 amide bonds. The average Bonchev–Trinajstić information content (AvgIpc) is 3.33. The van der Waals surface area contributed by atoms with E-state index in [1.54, 1.807) is 44.0 Å². The van der Waals surface area contributed by atoms with Gasteiger partial charge in [0.05, 0.1) is 24.4 Å². The summed E-state index contributed by atoms with van der Waals surface area (Å²) in [5.74, 6) is 0.724. The molecule has 3 N–H and O–H groups in total. The third-order valence-corrected chi connectivity index (χ3v) is 6.15. The van der Waals surface area contributed by atoms with Gasteiger partial charge in [0.2, 0.25) is 0 Å². The maximum absolute atomic E-state index is 11.6. The Hall–Kier alpha value is -4.08. The van der Waals surface area contributed by atoms with Crippen LogP contribution >= 0.6 is 11.3 Å². The van der Waals surface area contributed by atoms with Gasteiger partial charge in [-0.1, -0.05) is 41.7 Å². The van der Waals surface area contributed by atoms with E-state index in [9.17, 15) is 4.79 Å². The number of hydroxylamine groups is 1. The van der Waals surface area contributed by atoms with Crippen molar-refractivity contribution in [3.63, 3.8) is 0 Å². The number of carbonyl (C=O) groups excluding carboxylic acids is 1. The van der Waals surface area contributed by atoms with E-state index in [1.807, 2.05) is 48.5 Å². The number of hydrogen-bond donors (Lipinski definition) is 3. The van der Waals surface area contributed by atoms with Crippen LogP contribution < -0.4 is 25.0 Å². The summed E-state index contributed by atoms with van der Waals surface area (Å²) in [4.78, 5) is 16.1. The molecule has 0 saturated carbocycles. The summed E-state index contributed by atoms with van der Waals surface area (Å²) in [6, 6.07) is 20.4. The number of aromatic nitrogens is 1. The summed E-state index contributed by atoms with van der Waals surface area (Å²) in [7, 11) is 3.19. The van der Waals surface area contributed by atoms with Crippen LogP contribution in [0.25, 0.3) is 16.3 Å². The van der Waals surface area contributed by atoms with Gasteiger partial charge >= 0.3 is 0 Å². The number of nitrogens with one attached hydrogen (secondary N) is 2. The summed E-state index contributed by atoms with van der Waals surface area (Å²) in [5.41, 5.74) is 5.61. The first-order valence-electron chi connectivity index (χ1n) is 10.8. The Balaban J connectivity index is 1.53. The summed E-state index contributed by atoms with van der Waals surface area (Å²) in [6.45, 7) is 0.818. The number of nitrogens with zero attached hydrogens (tertiary/aromatic N) is 1. The van der Waals surface area contributed by atoms with E-state index >= 15 is 0 Å². The molecule has 1 aromatic heterocycles. The highest BCUT2D eigenvalue weighted by Gasteiger charge is 2.09. The number of thiazole rings is 1. The fourth-order valence-electron chi connectivity index (χ4n) is 3.40. The fourth-order valence-corrected chi connectivity index (χ4v) is 4.22. The minimum atomic E-state index is -0.560. The van der Waals surface area contributed by atoms with Gasteiger partial charge in [-0.15, -0.1) is 0 Å². The van der Waals surface area contributed by atoms with Crippen molar-refractivity contribution in [1.29, 1.82) is 0 Å². The van der Waals surface area contributed by atoms with E-state index in [-0.39, 0.29) is 0 Å². The molecule has 0 unspecified atom stereocenters. The molecule has 3 aromatic carbocycles. The molecule has 1 heterocycles. The van der Waals surface area contributed by atoms with Crippen molar-refractivity contribution in [3.8, 4) is 16.7 Å². The van der Waals surface area contributed by atoms with Gasteiger partial charge in [-0.2, -0.15) is 0 Å². The van der Waals surface area contributed by atoms with Gasteiger partial charge in [-0.3, -0.25) is 10.0 Å². The van der Waals surface area contributed by atoms with Crippen molar-refractivity contribution >= 4 is 39.2 Å². The van der Waals surface area contributed by atoms with E-state index in [0.29, 0.717) is 35.4 Å². The largest absolute Gasteiger partial charge is 0.493 e. The number of hydrogen-bond acceptors (Lipinski definition) is 8. The molecule has 4 aromatic rings. The van der Waals surface area contributed by atoms with Gasteiger partial charge in [-0.25, -0.2) is 10.5 Å². The molecule has 9 heteroatoms. The number of anilines is 1. The molecule has 8 nitrogen and oxygen atoms in total.